The number of hydrogen-bond donors (Lipinski definition) is 1. The van der Waals surface area contributed by atoms with Crippen LogP contribution in [0.15, 0.2) is 24.3 Å². The first-order chi connectivity index (χ1) is 6.66. The summed E-state index contributed by atoms with van der Waals surface area (Å²) in [6.07, 6.45) is 0. The van der Waals surface area contributed by atoms with E-state index in [1.165, 1.54) is 17.0 Å². The summed E-state index contributed by atoms with van der Waals surface area (Å²) in [5.74, 6) is 0. The maximum atomic E-state index is 5.89. The Balaban J connectivity index is 2.54. The molecule has 2 aromatic rings. The van der Waals surface area contributed by atoms with Gasteiger partial charge in [0.15, 0.2) is 0 Å². The summed E-state index contributed by atoms with van der Waals surface area (Å²) < 4.78 is 0. The topological polar surface area (TPSA) is 15.8 Å². The SMILES string of the molecule is Cc1cc(-c2cc[c]c(Cl)c2)c(C)[nH]1. The van der Waals surface area contributed by atoms with E-state index >= 15 is 0 Å². The van der Waals surface area contributed by atoms with Crippen molar-refractivity contribution < 1.29 is 0 Å². The maximum Gasteiger partial charge on any atom is 0.0491 e. The lowest BCUT2D eigenvalue weighted by atomic mass is 10.1. The van der Waals surface area contributed by atoms with Crippen molar-refractivity contribution >= 4 is 11.6 Å². The Hall–Kier alpha value is -1.21. The monoisotopic (exact) mass is 204 g/mol. The van der Waals surface area contributed by atoms with Crippen LogP contribution in [-0.4, -0.2) is 4.98 Å². The van der Waals surface area contributed by atoms with Gasteiger partial charge in [-0.05, 0) is 31.5 Å². The fourth-order valence-corrected chi connectivity index (χ4v) is 1.81. The van der Waals surface area contributed by atoms with E-state index in [4.69, 9.17) is 11.6 Å². The van der Waals surface area contributed by atoms with E-state index in [2.05, 4.69) is 24.0 Å². The van der Waals surface area contributed by atoms with Crippen LogP contribution in [0.1, 0.15) is 11.4 Å². The minimum absolute atomic E-state index is 0.653. The van der Waals surface area contributed by atoms with Gasteiger partial charge in [0.1, 0.15) is 0 Å². The molecule has 14 heavy (non-hydrogen) atoms. The average Bonchev–Trinajstić information content (AvgIpc) is 2.45. The van der Waals surface area contributed by atoms with Crippen molar-refractivity contribution in [2.75, 3.05) is 0 Å². The molecule has 0 aliphatic heterocycles. The molecule has 71 valence electrons. The molecule has 0 saturated heterocycles. The number of aromatic amines is 1. The quantitative estimate of drug-likeness (QED) is 0.728. The lowest BCUT2D eigenvalue weighted by Crippen LogP contribution is -1.78. The molecule has 1 aromatic heterocycles. The number of aromatic nitrogens is 1. The standard InChI is InChI=1S/C12H11ClN/c1-8-6-12(9(2)14-8)10-4-3-5-11(13)7-10/h3-4,6-7,14H,1-2H3. The molecule has 0 unspecified atom stereocenters. The highest BCUT2D eigenvalue weighted by Crippen LogP contribution is 2.26. The summed E-state index contributed by atoms with van der Waals surface area (Å²) in [4.78, 5) is 3.27. The lowest BCUT2D eigenvalue weighted by Gasteiger charge is -1.99. The normalized spacial score (nSPS) is 10.5. The zero-order valence-electron chi connectivity index (χ0n) is 8.19. The Labute approximate surface area is 88.7 Å². The number of aryl methyl sites for hydroxylation is 2. The van der Waals surface area contributed by atoms with E-state index in [-0.39, 0.29) is 0 Å². The van der Waals surface area contributed by atoms with Crippen molar-refractivity contribution in [1.82, 2.24) is 4.98 Å². The molecule has 0 spiro atoms. The molecule has 0 atom stereocenters. The van der Waals surface area contributed by atoms with Crippen molar-refractivity contribution in [3.63, 3.8) is 0 Å². The third kappa shape index (κ3) is 1.68. The van der Waals surface area contributed by atoms with Crippen LogP contribution in [0.4, 0.5) is 0 Å². The molecule has 0 aliphatic rings. The second-order valence-electron chi connectivity index (χ2n) is 3.42. The Bertz CT molecular complexity index is 457. The second-order valence-corrected chi connectivity index (χ2v) is 3.82. The van der Waals surface area contributed by atoms with E-state index in [0.29, 0.717) is 5.02 Å². The highest BCUT2D eigenvalue weighted by atomic mass is 35.5. The highest BCUT2D eigenvalue weighted by molar-refractivity contribution is 6.30. The molecule has 2 heteroatoms. The molecule has 1 aromatic carbocycles. The first-order valence-corrected chi connectivity index (χ1v) is 4.88. The van der Waals surface area contributed by atoms with E-state index in [0.717, 1.165) is 5.56 Å². The first-order valence-electron chi connectivity index (χ1n) is 4.50. The number of halogens is 1. The molecule has 1 nitrogen and oxygen atoms in total. The van der Waals surface area contributed by atoms with Gasteiger partial charge in [-0.1, -0.05) is 23.7 Å². The van der Waals surface area contributed by atoms with Gasteiger partial charge in [0, 0.05) is 28.0 Å². The fraction of sp³-hybridized carbons (Fsp3) is 0.167. The van der Waals surface area contributed by atoms with Crippen LogP contribution in [0.3, 0.4) is 0 Å². The van der Waals surface area contributed by atoms with Gasteiger partial charge in [0.2, 0.25) is 0 Å². The summed E-state index contributed by atoms with van der Waals surface area (Å²) in [5.41, 5.74) is 4.68. The van der Waals surface area contributed by atoms with Crippen molar-refractivity contribution in [1.29, 1.82) is 0 Å². The minimum Gasteiger partial charge on any atom is -0.362 e. The van der Waals surface area contributed by atoms with Gasteiger partial charge in [-0.2, -0.15) is 0 Å². The van der Waals surface area contributed by atoms with Gasteiger partial charge < -0.3 is 4.98 Å². The Kier molecular flexibility index (Phi) is 2.34. The predicted octanol–water partition coefficient (Wildman–Crippen LogP) is 3.75. The van der Waals surface area contributed by atoms with Crippen LogP contribution in [0.25, 0.3) is 11.1 Å². The molecule has 1 N–H and O–H groups in total. The average molecular weight is 205 g/mol. The number of benzene rings is 1. The van der Waals surface area contributed by atoms with Gasteiger partial charge in [0.05, 0.1) is 0 Å². The van der Waals surface area contributed by atoms with E-state index in [1.54, 1.807) is 0 Å². The van der Waals surface area contributed by atoms with Crippen LogP contribution >= 0.6 is 11.6 Å². The van der Waals surface area contributed by atoms with Crippen LogP contribution in [0, 0.1) is 19.9 Å². The summed E-state index contributed by atoms with van der Waals surface area (Å²) in [6.45, 7) is 4.11. The van der Waals surface area contributed by atoms with Gasteiger partial charge in [-0.15, -0.1) is 0 Å². The molecule has 0 aliphatic carbocycles. The smallest absolute Gasteiger partial charge is 0.0491 e. The van der Waals surface area contributed by atoms with E-state index in [9.17, 15) is 0 Å². The highest BCUT2D eigenvalue weighted by Gasteiger charge is 2.04. The van der Waals surface area contributed by atoms with Crippen molar-refractivity contribution in [3.05, 3.63) is 46.7 Å². The third-order valence-electron chi connectivity index (χ3n) is 2.23. The summed E-state index contributed by atoms with van der Waals surface area (Å²) in [6, 6.07) is 10.8. The van der Waals surface area contributed by atoms with Gasteiger partial charge in [-0.3, -0.25) is 0 Å². The number of rotatable bonds is 1. The minimum atomic E-state index is 0.653. The lowest BCUT2D eigenvalue weighted by molar-refractivity contribution is 1.19. The van der Waals surface area contributed by atoms with Crippen LogP contribution in [0.5, 0.6) is 0 Å². The van der Waals surface area contributed by atoms with Crippen molar-refractivity contribution in [3.8, 4) is 11.1 Å². The van der Waals surface area contributed by atoms with E-state index < -0.39 is 0 Å². The molecule has 0 fully saturated rings. The number of nitrogens with one attached hydrogen (secondary N) is 1. The van der Waals surface area contributed by atoms with Gasteiger partial charge >= 0.3 is 0 Å². The van der Waals surface area contributed by atoms with Crippen LogP contribution in [-0.2, 0) is 0 Å². The number of H-pyrrole nitrogens is 1. The zero-order chi connectivity index (χ0) is 10.1. The van der Waals surface area contributed by atoms with Crippen molar-refractivity contribution in [2.45, 2.75) is 13.8 Å². The molecule has 1 heterocycles. The van der Waals surface area contributed by atoms with Crippen LogP contribution in [0.2, 0.25) is 5.02 Å². The van der Waals surface area contributed by atoms with Gasteiger partial charge in [0.25, 0.3) is 0 Å². The second kappa shape index (κ2) is 3.50. The molecule has 0 bridgehead atoms. The Morgan fingerprint density at radius 1 is 1.29 bits per heavy atom. The van der Waals surface area contributed by atoms with Gasteiger partial charge in [-0.25, -0.2) is 0 Å². The van der Waals surface area contributed by atoms with Crippen LogP contribution < -0.4 is 0 Å². The molecule has 2 rings (SSSR count). The predicted molar refractivity (Wildman–Crippen MR) is 59.5 cm³/mol. The molecular formula is C12H11ClN. The molecular weight excluding hydrogens is 194 g/mol. The van der Waals surface area contributed by atoms with E-state index in [1.807, 2.05) is 25.1 Å². The molecule has 0 saturated carbocycles. The first kappa shape index (κ1) is 9.35. The summed E-state index contributed by atoms with van der Waals surface area (Å²) >= 11 is 5.89. The third-order valence-corrected chi connectivity index (χ3v) is 2.45. The zero-order valence-corrected chi connectivity index (χ0v) is 8.94. The maximum absolute atomic E-state index is 5.89. The van der Waals surface area contributed by atoms with Crippen molar-refractivity contribution in [2.24, 2.45) is 0 Å². The Morgan fingerprint density at radius 3 is 2.64 bits per heavy atom. The molecule has 1 radical (unpaired) electrons. The fourth-order valence-electron chi connectivity index (χ4n) is 1.63. The largest absolute Gasteiger partial charge is 0.362 e. The molecule has 0 amide bonds. The Morgan fingerprint density at radius 2 is 2.07 bits per heavy atom. The summed E-state index contributed by atoms with van der Waals surface area (Å²) in [7, 11) is 0. The number of hydrogen-bond acceptors (Lipinski definition) is 0. The summed E-state index contributed by atoms with van der Waals surface area (Å²) in [5, 5.41) is 0.653.